The van der Waals surface area contributed by atoms with E-state index < -0.39 is 0 Å². The van der Waals surface area contributed by atoms with Crippen LogP contribution in [0.3, 0.4) is 0 Å². The minimum absolute atomic E-state index is 0.177. The van der Waals surface area contributed by atoms with Crippen LogP contribution < -0.4 is 15.5 Å². The molecule has 3 rings (SSSR count). The van der Waals surface area contributed by atoms with Gasteiger partial charge in [-0.05, 0) is 43.2 Å². The van der Waals surface area contributed by atoms with Crippen molar-refractivity contribution < 1.29 is 9.53 Å². The minimum Gasteiger partial charge on any atom is -0.375 e. The quantitative estimate of drug-likeness (QED) is 0.879. The van der Waals surface area contributed by atoms with Gasteiger partial charge in [0.1, 0.15) is 0 Å². The lowest BCUT2D eigenvalue weighted by Crippen LogP contribution is -2.41. The van der Waals surface area contributed by atoms with E-state index in [0.717, 1.165) is 37.5 Å². The molecule has 1 aliphatic rings. The lowest BCUT2D eigenvalue weighted by molar-refractivity contribution is 0.0532. The van der Waals surface area contributed by atoms with Crippen molar-refractivity contribution >= 4 is 17.4 Å². The highest BCUT2D eigenvalue weighted by atomic mass is 16.5. The Labute approximate surface area is 149 Å². The Bertz CT molecular complexity index is 673. The Kier molecular flexibility index (Phi) is 5.90. The van der Waals surface area contributed by atoms with Crippen LogP contribution in [0.1, 0.15) is 12.5 Å². The van der Waals surface area contributed by atoms with E-state index in [1.165, 1.54) is 5.56 Å². The SMILES string of the molecule is CC1CN(c2ccc(NC(=O)NCCc3ccccc3)cc2)CCO1. The fraction of sp³-hybridized carbons (Fsp3) is 0.350. The zero-order valence-electron chi connectivity index (χ0n) is 14.6. The van der Waals surface area contributed by atoms with Crippen molar-refractivity contribution in [3.8, 4) is 0 Å². The Morgan fingerprint density at radius 3 is 2.64 bits per heavy atom. The van der Waals surface area contributed by atoms with Crippen LogP contribution in [0, 0.1) is 0 Å². The van der Waals surface area contributed by atoms with Crippen LogP contribution >= 0.6 is 0 Å². The predicted molar refractivity (Wildman–Crippen MR) is 101 cm³/mol. The van der Waals surface area contributed by atoms with E-state index >= 15 is 0 Å². The molecule has 0 bridgehead atoms. The molecule has 25 heavy (non-hydrogen) atoms. The zero-order chi connectivity index (χ0) is 17.5. The molecular weight excluding hydrogens is 314 g/mol. The van der Waals surface area contributed by atoms with Crippen molar-refractivity contribution in [2.45, 2.75) is 19.4 Å². The number of rotatable bonds is 5. The number of nitrogens with one attached hydrogen (secondary N) is 2. The first-order valence-corrected chi connectivity index (χ1v) is 8.76. The number of nitrogens with zero attached hydrogens (tertiary/aromatic N) is 1. The van der Waals surface area contributed by atoms with E-state index in [1.54, 1.807) is 0 Å². The number of carbonyl (C=O) groups is 1. The summed E-state index contributed by atoms with van der Waals surface area (Å²) in [7, 11) is 0. The average molecular weight is 339 g/mol. The molecule has 2 amide bonds. The summed E-state index contributed by atoms with van der Waals surface area (Å²) in [6.07, 6.45) is 1.07. The van der Waals surface area contributed by atoms with E-state index in [2.05, 4.69) is 34.6 Å². The van der Waals surface area contributed by atoms with Gasteiger partial charge in [0.05, 0.1) is 12.7 Å². The Morgan fingerprint density at radius 1 is 1.16 bits per heavy atom. The van der Waals surface area contributed by atoms with Crippen molar-refractivity contribution in [1.82, 2.24) is 5.32 Å². The molecule has 2 aromatic carbocycles. The monoisotopic (exact) mass is 339 g/mol. The lowest BCUT2D eigenvalue weighted by Gasteiger charge is -2.33. The third kappa shape index (κ3) is 5.22. The van der Waals surface area contributed by atoms with Crippen LogP contribution in [-0.4, -0.2) is 38.4 Å². The van der Waals surface area contributed by atoms with Crippen LogP contribution in [0.4, 0.5) is 16.2 Å². The molecule has 0 spiro atoms. The number of benzene rings is 2. The van der Waals surface area contributed by atoms with Crippen molar-refractivity contribution in [2.24, 2.45) is 0 Å². The van der Waals surface area contributed by atoms with Crippen molar-refractivity contribution in [2.75, 3.05) is 36.5 Å². The largest absolute Gasteiger partial charge is 0.375 e. The van der Waals surface area contributed by atoms with Gasteiger partial charge in [0.15, 0.2) is 0 Å². The van der Waals surface area contributed by atoms with Gasteiger partial charge in [0, 0.05) is 31.0 Å². The van der Waals surface area contributed by atoms with Gasteiger partial charge in [-0.25, -0.2) is 4.79 Å². The molecule has 0 aromatic heterocycles. The van der Waals surface area contributed by atoms with Gasteiger partial charge >= 0.3 is 6.03 Å². The molecule has 1 unspecified atom stereocenters. The van der Waals surface area contributed by atoms with E-state index in [0.29, 0.717) is 6.54 Å². The number of ether oxygens (including phenoxy) is 1. The molecule has 1 heterocycles. The predicted octanol–water partition coefficient (Wildman–Crippen LogP) is 3.28. The van der Waals surface area contributed by atoms with Gasteiger partial charge < -0.3 is 20.3 Å². The first-order valence-electron chi connectivity index (χ1n) is 8.76. The van der Waals surface area contributed by atoms with Gasteiger partial charge in [-0.2, -0.15) is 0 Å². The second kappa shape index (κ2) is 8.53. The molecule has 0 saturated carbocycles. The molecule has 5 nitrogen and oxygen atoms in total. The number of urea groups is 1. The number of amides is 2. The van der Waals surface area contributed by atoms with Gasteiger partial charge in [0.2, 0.25) is 0 Å². The molecule has 1 atom stereocenters. The van der Waals surface area contributed by atoms with E-state index in [9.17, 15) is 4.79 Å². The summed E-state index contributed by atoms with van der Waals surface area (Å²) in [5.74, 6) is 0. The molecule has 1 aliphatic heterocycles. The Hall–Kier alpha value is -2.53. The number of carbonyl (C=O) groups excluding carboxylic acids is 1. The van der Waals surface area contributed by atoms with E-state index in [4.69, 9.17) is 4.74 Å². The first kappa shape index (κ1) is 17.3. The summed E-state index contributed by atoms with van der Waals surface area (Å²) in [6.45, 7) is 5.25. The topological polar surface area (TPSA) is 53.6 Å². The normalized spacial score (nSPS) is 17.2. The molecule has 132 valence electrons. The van der Waals surface area contributed by atoms with Gasteiger partial charge in [0.25, 0.3) is 0 Å². The van der Waals surface area contributed by atoms with Gasteiger partial charge in [-0.3, -0.25) is 0 Å². The molecular formula is C20H25N3O2. The van der Waals surface area contributed by atoms with Crippen molar-refractivity contribution in [1.29, 1.82) is 0 Å². The zero-order valence-corrected chi connectivity index (χ0v) is 14.6. The maximum Gasteiger partial charge on any atom is 0.319 e. The Balaban J connectivity index is 1.45. The second-order valence-electron chi connectivity index (χ2n) is 6.29. The Morgan fingerprint density at radius 2 is 1.92 bits per heavy atom. The van der Waals surface area contributed by atoms with Crippen LogP contribution in [0.2, 0.25) is 0 Å². The van der Waals surface area contributed by atoms with Gasteiger partial charge in [-0.1, -0.05) is 30.3 Å². The molecule has 0 aliphatic carbocycles. The van der Waals surface area contributed by atoms with Crippen LogP contribution in [0.15, 0.2) is 54.6 Å². The maximum atomic E-state index is 12.0. The standard InChI is InChI=1S/C20H25N3O2/c1-16-15-23(13-14-25-16)19-9-7-18(8-10-19)22-20(24)21-12-11-17-5-3-2-4-6-17/h2-10,16H,11-15H2,1H3,(H2,21,22,24). The number of hydrogen-bond acceptors (Lipinski definition) is 3. The smallest absolute Gasteiger partial charge is 0.319 e. The summed E-state index contributed by atoms with van der Waals surface area (Å²) < 4.78 is 5.57. The molecule has 5 heteroatoms. The number of morpholine rings is 1. The summed E-state index contributed by atoms with van der Waals surface area (Å²) >= 11 is 0. The molecule has 1 fully saturated rings. The molecule has 0 radical (unpaired) electrons. The van der Waals surface area contributed by atoms with Crippen LogP contribution in [-0.2, 0) is 11.2 Å². The number of anilines is 2. The number of hydrogen-bond donors (Lipinski definition) is 2. The molecule has 1 saturated heterocycles. The van der Waals surface area contributed by atoms with Crippen LogP contribution in [0.25, 0.3) is 0 Å². The minimum atomic E-state index is -0.177. The average Bonchev–Trinajstić information content (AvgIpc) is 2.63. The maximum absolute atomic E-state index is 12.0. The van der Waals surface area contributed by atoms with E-state index in [1.807, 2.05) is 42.5 Å². The summed E-state index contributed by atoms with van der Waals surface area (Å²) in [5.41, 5.74) is 3.17. The van der Waals surface area contributed by atoms with Gasteiger partial charge in [-0.15, -0.1) is 0 Å². The highest BCUT2D eigenvalue weighted by Gasteiger charge is 2.16. The fourth-order valence-electron chi connectivity index (χ4n) is 2.95. The fourth-order valence-corrected chi connectivity index (χ4v) is 2.95. The summed E-state index contributed by atoms with van der Waals surface area (Å²) in [4.78, 5) is 14.3. The first-order chi connectivity index (χ1) is 12.2. The lowest BCUT2D eigenvalue weighted by atomic mass is 10.1. The molecule has 2 N–H and O–H groups in total. The third-order valence-corrected chi connectivity index (χ3v) is 4.27. The van der Waals surface area contributed by atoms with Crippen LogP contribution in [0.5, 0.6) is 0 Å². The summed E-state index contributed by atoms with van der Waals surface area (Å²) in [6, 6.07) is 17.9. The molecule has 2 aromatic rings. The van der Waals surface area contributed by atoms with E-state index in [-0.39, 0.29) is 12.1 Å². The van der Waals surface area contributed by atoms with Crippen molar-refractivity contribution in [3.63, 3.8) is 0 Å². The summed E-state index contributed by atoms with van der Waals surface area (Å²) in [5, 5.41) is 5.76. The highest BCUT2D eigenvalue weighted by molar-refractivity contribution is 5.89. The van der Waals surface area contributed by atoms with Crippen molar-refractivity contribution in [3.05, 3.63) is 60.2 Å². The second-order valence-corrected chi connectivity index (χ2v) is 6.29. The third-order valence-electron chi connectivity index (χ3n) is 4.27. The highest BCUT2D eigenvalue weighted by Crippen LogP contribution is 2.20.